The fourth-order valence-corrected chi connectivity index (χ4v) is 1.07. The first-order valence-electron chi connectivity index (χ1n) is 4.11. The van der Waals surface area contributed by atoms with Gasteiger partial charge < -0.3 is 9.69 Å². The largest absolute Gasteiger partial charge is 0.312 e. The molecule has 0 aliphatic rings. The number of halogens is 1. The number of amides is 1. The monoisotopic (exact) mass is 195 g/mol. The van der Waals surface area contributed by atoms with E-state index in [2.05, 4.69) is 0 Å². The van der Waals surface area contributed by atoms with Crippen molar-refractivity contribution in [1.82, 2.24) is 0 Å². The number of hydrogen-bond acceptors (Lipinski definition) is 2. The van der Waals surface area contributed by atoms with Crippen molar-refractivity contribution in [2.24, 2.45) is 0 Å². The highest BCUT2D eigenvalue weighted by molar-refractivity contribution is 5.99. The molecular formula is C10H10FNO2. The van der Waals surface area contributed by atoms with Gasteiger partial charge in [0.1, 0.15) is 12.1 Å². The Hall–Kier alpha value is -1.71. The van der Waals surface area contributed by atoms with Crippen LogP contribution in [0.4, 0.5) is 10.1 Å². The smallest absolute Gasteiger partial charge is 0.233 e. The summed E-state index contributed by atoms with van der Waals surface area (Å²) in [5.74, 6) is -0.903. The van der Waals surface area contributed by atoms with Crippen molar-refractivity contribution < 1.29 is 14.0 Å². The van der Waals surface area contributed by atoms with Crippen LogP contribution in [0.15, 0.2) is 24.3 Å². The van der Waals surface area contributed by atoms with E-state index in [0.717, 1.165) is 4.90 Å². The molecule has 0 aliphatic heterocycles. The Morgan fingerprint density at radius 3 is 2.71 bits per heavy atom. The third kappa shape index (κ3) is 2.16. The molecule has 14 heavy (non-hydrogen) atoms. The Kier molecular flexibility index (Phi) is 3.34. The van der Waals surface area contributed by atoms with E-state index < -0.39 is 11.7 Å². The zero-order chi connectivity index (χ0) is 10.6. The van der Waals surface area contributed by atoms with E-state index in [1.54, 1.807) is 6.07 Å². The molecule has 4 heteroatoms. The van der Waals surface area contributed by atoms with Gasteiger partial charge in [0.2, 0.25) is 5.91 Å². The molecule has 0 bridgehead atoms. The molecule has 74 valence electrons. The minimum Gasteiger partial charge on any atom is -0.312 e. The van der Waals surface area contributed by atoms with E-state index in [4.69, 9.17) is 0 Å². The summed E-state index contributed by atoms with van der Waals surface area (Å²) in [6, 6.07) is 5.91. The topological polar surface area (TPSA) is 37.4 Å². The zero-order valence-corrected chi connectivity index (χ0v) is 7.74. The molecule has 0 fully saturated rings. The second-order valence-electron chi connectivity index (χ2n) is 2.77. The molecule has 1 aromatic rings. The molecular weight excluding hydrogens is 185 g/mol. The molecule has 0 saturated heterocycles. The maximum Gasteiger partial charge on any atom is 0.233 e. The number of para-hydroxylation sites is 1. The highest BCUT2D eigenvalue weighted by Gasteiger charge is 2.12. The summed E-state index contributed by atoms with van der Waals surface area (Å²) in [6.45, 7) is 0. The SMILES string of the molecule is CN(C(=O)CC=O)c1ccccc1F. The molecule has 0 aromatic heterocycles. The van der Waals surface area contributed by atoms with E-state index in [9.17, 15) is 14.0 Å². The van der Waals surface area contributed by atoms with Crippen molar-refractivity contribution in [3.8, 4) is 0 Å². The average molecular weight is 195 g/mol. The molecule has 0 unspecified atom stereocenters. The lowest BCUT2D eigenvalue weighted by Gasteiger charge is -2.16. The lowest BCUT2D eigenvalue weighted by Crippen LogP contribution is -2.26. The van der Waals surface area contributed by atoms with Crippen LogP contribution < -0.4 is 4.90 Å². The summed E-state index contributed by atoms with van der Waals surface area (Å²) in [7, 11) is 1.43. The molecule has 0 radical (unpaired) electrons. The summed E-state index contributed by atoms with van der Waals surface area (Å²) in [6.07, 6.45) is 0.268. The first kappa shape index (κ1) is 10.4. The molecule has 1 rings (SSSR count). The van der Waals surface area contributed by atoms with Gasteiger partial charge in [-0.1, -0.05) is 12.1 Å². The first-order chi connectivity index (χ1) is 6.66. The van der Waals surface area contributed by atoms with Crippen LogP contribution in [0.1, 0.15) is 6.42 Å². The number of carbonyl (C=O) groups excluding carboxylic acids is 2. The molecule has 0 atom stereocenters. The molecule has 0 heterocycles. The Bertz CT molecular complexity index is 352. The first-order valence-corrected chi connectivity index (χ1v) is 4.11. The van der Waals surface area contributed by atoms with E-state index in [-0.39, 0.29) is 12.1 Å². The Balaban J connectivity index is 2.89. The molecule has 3 nitrogen and oxygen atoms in total. The van der Waals surface area contributed by atoms with E-state index in [1.807, 2.05) is 0 Å². The normalized spacial score (nSPS) is 9.57. The zero-order valence-electron chi connectivity index (χ0n) is 7.74. The van der Waals surface area contributed by atoms with Gasteiger partial charge in [-0.25, -0.2) is 4.39 Å². The number of rotatable bonds is 3. The minimum atomic E-state index is -0.478. The molecule has 1 aromatic carbocycles. The minimum absolute atomic E-state index is 0.180. The van der Waals surface area contributed by atoms with E-state index >= 15 is 0 Å². The molecule has 0 saturated carbocycles. The second kappa shape index (κ2) is 4.50. The number of hydrogen-bond donors (Lipinski definition) is 0. The van der Waals surface area contributed by atoms with Crippen LogP contribution in [0.5, 0.6) is 0 Å². The van der Waals surface area contributed by atoms with Gasteiger partial charge in [0, 0.05) is 7.05 Å². The number of aldehydes is 1. The van der Waals surface area contributed by atoms with Crippen LogP contribution >= 0.6 is 0 Å². The van der Waals surface area contributed by atoms with E-state index in [0.29, 0.717) is 6.29 Å². The average Bonchev–Trinajstić information content (AvgIpc) is 2.18. The highest BCUT2D eigenvalue weighted by Crippen LogP contribution is 2.17. The second-order valence-corrected chi connectivity index (χ2v) is 2.77. The number of anilines is 1. The van der Waals surface area contributed by atoms with Gasteiger partial charge in [-0.15, -0.1) is 0 Å². The fraction of sp³-hybridized carbons (Fsp3) is 0.200. The van der Waals surface area contributed by atoms with E-state index in [1.165, 1.54) is 25.2 Å². The predicted octanol–water partition coefficient (Wildman–Crippen LogP) is 1.38. The molecule has 1 amide bonds. The van der Waals surface area contributed by atoms with Crippen molar-refractivity contribution in [1.29, 1.82) is 0 Å². The van der Waals surface area contributed by atoms with Crippen molar-refractivity contribution >= 4 is 17.9 Å². The van der Waals surface area contributed by atoms with Gasteiger partial charge in [0.05, 0.1) is 12.1 Å². The third-order valence-corrected chi connectivity index (χ3v) is 1.85. The van der Waals surface area contributed by atoms with Gasteiger partial charge in [-0.2, -0.15) is 0 Å². The van der Waals surface area contributed by atoms with Gasteiger partial charge in [0.25, 0.3) is 0 Å². The Labute approximate surface area is 81.1 Å². The van der Waals surface area contributed by atoms with Gasteiger partial charge in [-0.05, 0) is 12.1 Å². The van der Waals surface area contributed by atoms with Gasteiger partial charge >= 0.3 is 0 Å². The van der Waals surface area contributed by atoms with Crippen LogP contribution in [-0.2, 0) is 9.59 Å². The molecule has 0 spiro atoms. The van der Waals surface area contributed by atoms with Crippen molar-refractivity contribution in [2.45, 2.75) is 6.42 Å². The lowest BCUT2D eigenvalue weighted by molar-refractivity contribution is -0.121. The van der Waals surface area contributed by atoms with Crippen LogP contribution in [0.3, 0.4) is 0 Å². The van der Waals surface area contributed by atoms with Crippen LogP contribution in [-0.4, -0.2) is 19.2 Å². The summed E-state index contributed by atoms with van der Waals surface area (Å²) in [5.41, 5.74) is 0.180. The summed E-state index contributed by atoms with van der Waals surface area (Å²) in [5, 5.41) is 0. The van der Waals surface area contributed by atoms with Crippen LogP contribution in [0.25, 0.3) is 0 Å². The maximum atomic E-state index is 13.2. The summed E-state index contributed by atoms with van der Waals surface area (Å²) in [4.78, 5) is 22.4. The quantitative estimate of drug-likeness (QED) is 0.539. The van der Waals surface area contributed by atoms with Gasteiger partial charge in [0.15, 0.2) is 0 Å². The van der Waals surface area contributed by atoms with Crippen molar-refractivity contribution in [3.05, 3.63) is 30.1 Å². The van der Waals surface area contributed by atoms with Crippen molar-refractivity contribution in [2.75, 3.05) is 11.9 Å². The highest BCUT2D eigenvalue weighted by atomic mass is 19.1. The van der Waals surface area contributed by atoms with Gasteiger partial charge in [-0.3, -0.25) is 4.79 Å². The lowest BCUT2D eigenvalue weighted by atomic mass is 10.2. The Morgan fingerprint density at radius 2 is 2.14 bits per heavy atom. The number of carbonyl (C=O) groups is 2. The van der Waals surface area contributed by atoms with Crippen molar-refractivity contribution in [3.63, 3.8) is 0 Å². The predicted molar refractivity (Wildman–Crippen MR) is 50.5 cm³/mol. The number of nitrogens with zero attached hydrogens (tertiary/aromatic N) is 1. The Morgan fingerprint density at radius 1 is 1.50 bits per heavy atom. The van der Waals surface area contributed by atoms with Crippen LogP contribution in [0.2, 0.25) is 0 Å². The van der Waals surface area contributed by atoms with Crippen LogP contribution in [0, 0.1) is 5.82 Å². The maximum absolute atomic E-state index is 13.2. The fourth-order valence-electron chi connectivity index (χ4n) is 1.07. The molecule has 0 aliphatic carbocycles. The summed E-state index contributed by atoms with van der Waals surface area (Å²) >= 11 is 0. The standard InChI is InChI=1S/C10H10FNO2/c1-12(10(14)6-7-13)9-5-3-2-4-8(9)11/h2-5,7H,6H2,1H3. The third-order valence-electron chi connectivity index (χ3n) is 1.85. The molecule has 0 N–H and O–H groups in total. The number of benzene rings is 1. The summed E-state index contributed by atoms with van der Waals surface area (Å²) < 4.78 is 13.2.